The van der Waals surface area contributed by atoms with Gasteiger partial charge in [-0.05, 0) is 23.8 Å². The average Bonchev–Trinajstić information content (AvgIpc) is 3.03. The number of hydrogen-bond donors (Lipinski definition) is 1. The summed E-state index contributed by atoms with van der Waals surface area (Å²) in [6.45, 7) is 0.313. The molecule has 0 fully saturated rings. The number of halogens is 1. The van der Waals surface area contributed by atoms with Gasteiger partial charge in [-0.25, -0.2) is 12.8 Å². The Hall–Kier alpha value is -3.27. The van der Waals surface area contributed by atoms with Crippen LogP contribution in [0.5, 0.6) is 0 Å². The van der Waals surface area contributed by atoms with Crippen LogP contribution < -0.4 is 4.72 Å². The number of nitrogens with zero attached hydrogens (tertiary/aromatic N) is 3. The van der Waals surface area contributed by atoms with E-state index in [9.17, 15) is 22.9 Å². The van der Waals surface area contributed by atoms with Crippen molar-refractivity contribution in [1.82, 2.24) is 9.78 Å². The Labute approximate surface area is 148 Å². The highest BCUT2D eigenvalue weighted by molar-refractivity contribution is 7.92. The van der Waals surface area contributed by atoms with Gasteiger partial charge in [0.05, 0.1) is 23.4 Å². The van der Waals surface area contributed by atoms with Crippen LogP contribution in [0.2, 0.25) is 0 Å². The van der Waals surface area contributed by atoms with Gasteiger partial charge in [0.15, 0.2) is 4.90 Å². The average molecular weight is 376 g/mol. The van der Waals surface area contributed by atoms with Gasteiger partial charge in [-0.15, -0.1) is 0 Å². The van der Waals surface area contributed by atoms with Gasteiger partial charge in [0.1, 0.15) is 5.82 Å². The number of nitrogens with one attached hydrogen (secondary N) is 1. The van der Waals surface area contributed by atoms with E-state index in [1.165, 1.54) is 41.3 Å². The lowest BCUT2D eigenvalue weighted by atomic mass is 10.2. The molecule has 0 aliphatic heterocycles. The van der Waals surface area contributed by atoms with Crippen LogP contribution in [-0.2, 0) is 16.6 Å². The minimum Gasteiger partial charge on any atom is -0.276 e. The monoisotopic (exact) mass is 376 g/mol. The van der Waals surface area contributed by atoms with Crippen molar-refractivity contribution in [3.63, 3.8) is 0 Å². The fourth-order valence-corrected chi connectivity index (χ4v) is 3.53. The van der Waals surface area contributed by atoms with Crippen LogP contribution in [0.4, 0.5) is 15.8 Å². The molecule has 134 valence electrons. The third-order valence-electron chi connectivity index (χ3n) is 3.49. The summed E-state index contributed by atoms with van der Waals surface area (Å²) in [5.74, 6) is -0.355. The molecule has 0 aliphatic rings. The number of anilines is 1. The Kier molecular flexibility index (Phi) is 4.67. The van der Waals surface area contributed by atoms with Crippen molar-refractivity contribution in [2.45, 2.75) is 11.4 Å². The Morgan fingerprint density at radius 2 is 1.85 bits per heavy atom. The maximum absolute atomic E-state index is 12.9. The smallest absolute Gasteiger partial charge is 0.276 e. The van der Waals surface area contributed by atoms with Crippen LogP contribution in [-0.4, -0.2) is 23.1 Å². The standard InChI is InChI=1S/C16H13FN4O4S/c17-13-7-5-12(6-8-13)10-20-11-14(9-18-20)19-26(24,25)16-4-2-1-3-15(16)21(22)23/h1-9,11,19H,10H2. The number of rotatable bonds is 6. The lowest BCUT2D eigenvalue weighted by Crippen LogP contribution is -2.14. The van der Waals surface area contributed by atoms with E-state index in [1.54, 1.807) is 12.1 Å². The summed E-state index contributed by atoms with van der Waals surface area (Å²) in [6.07, 6.45) is 2.73. The first-order valence-corrected chi connectivity index (χ1v) is 8.86. The number of nitro groups is 1. The van der Waals surface area contributed by atoms with Crippen molar-refractivity contribution in [2.75, 3.05) is 4.72 Å². The second kappa shape index (κ2) is 6.92. The number of para-hydroxylation sites is 1. The Balaban J connectivity index is 1.80. The molecule has 1 N–H and O–H groups in total. The number of aromatic nitrogens is 2. The van der Waals surface area contributed by atoms with Crippen molar-refractivity contribution >= 4 is 21.4 Å². The fourth-order valence-electron chi connectivity index (χ4n) is 2.32. The summed E-state index contributed by atoms with van der Waals surface area (Å²) in [7, 11) is -4.15. The van der Waals surface area contributed by atoms with Gasteiger partial charge in [0, 0.05) is 12.3 Å². The molecule has 0 unspecified atom stereocenters. The van der Waals surface area contributed by atoms with E-state index in [2.05, 4.69) is 9.82 Å². The minimum atomic E-state index is -4.15. The molecule has 26 heavy (non-hydrogen) atoms. The Morgan fingerprint density at radius 3 is 2.54 bits per heavy atom. The maximum atomic E-state index is 12.9. The van der Waals surface area contributed by atoms with Gasteiger partial charge < -0.3 is 0 Å². The highest BCUT2D eigenvalue weighted by Crippen LogP contribution is 2.25. The van der Waals surface area contributed by atoms with Crippen LogP contribution in [0.25, 0.3) is 0 Å². The zero-order valence-corrected chi connectivity index (χ0v) is 14.1. The van der Waals surface area contributed by atoms with Crippen LogP contribution in [0.1, 0.15) is 5.56 Å². The second-order valence-corrected chi connectivity index (χ2v) is 7.03. The molecule has 0 aliphatic carbocycles. The Morgan fingerprint density at radius 1 is 1.15 bits per heavy atom. The van der Waals surface area contributed by atoms with E-state index in [0.29, 0.717) is 6.54 Å². The quantitative estimate of drug-likeness (QED) is 0.526. The third-order valence-corrected chi connectivity index (χ3v) is 4.92. The topological polar surface area (TPSA) is 107 Å². The third kappa shape index (κ3) is 3.86. The number of hydrogen-bond acceptors (Lipinski definition) is 5. The molecular weight excluding hydrogens is 363 g/mol. The summed E-state index contributed by atoms with van der Waals surface area (Å²) >= 11 is 0. The van der Waals surface area contributed by atoms with Crippen LogP contribution in [0.15, 0.2) is 65.8 Å². The van der Waals surface area contributed by atoms with Crippen molar-refractivity contribution in [3.05, 3.63) is 82.4 Å². The highest BCUT2D eigenvalue weighted by Gasteiger charge is 2.25. The molecule has 1 aromatic heterocycles. The second-order valence-electron chi connectivity index (χ2n) is 5.38. The van der Waals surface area contributed by atoms with Crippen LogP contribution in [0, 0.1) is 15.9 Å². The van der Waals surface area contributed by atoms with Gasteiger partial charge >= 0.3 is 0 Å². The van der Waals surface area contributed by atoms with E-state index in [4.69, 9.17) is 0 Å². The molecule has 0 spiro atoms. The van der Waals surface area contributed by atoms with Crippen LogP contribution in [0.3, 0.4) is 0 Å². The largest absolute Gasteiger partial charge is 0.289 e. The minimum absolute atomic E-state index is 0.158. The van der Waals surface area contributed by atoms with Gasteiger partial charge in [-0.3, -0.25) is 19.5 Å². The fraction of sp³-hybridized carbons (Fsp3) is 0.0625. The van der Waals surface area contributed by atoms with Crippen molar-refractivity contribution < 1.29 is 17.7 Å². The van der Waals surface area contributed by atoms with Crippen molar-refractivity contribution in [1.29, 1.82) is 0 Å². The predicted molar refractivity (Wildman–Crippen MR) is 91.6 cm³/mol. The molecule has 1 heterocycles. The lowest BCUT2D eigenvalue weighted by molar-refractivity contribution is -0.387. The SMILES string of the molecule is O=[N+]([O-])c1ccccc1S(=O)(=O)Nc1cnn(Cc2ccc(F)cc2)c1. The molecule has 2 aromatic carbocycles. The first-order chi connectivity index (χ1) is 12.3. The van der Waals surface area contributed by atoms with Gasteiger partial charge in [0.25, 0.3) is 15.7 Å². The predicted octanol–water partition coefficient (Wildman–Crippen LogP) is 2.78. The lowest BCUT2D eigenvalue weighted by Gasteiger charge is -2.06. The van der Waals surface area contributed by atoms with Crippen molar-refractivity contribution in [2.24, 2.45) is 0 Å². The maximum Gasteiger partial charge on any atom is 0.289 e. The summed E-state index contributed by atoms with van der Waals surface area (Å²) in [5, 5.41) is 15.1. The molecule has 3 aromatic rings. The molecule has 8 nitrogen and oxygen atoms in total. The zero-order valence-electron chi connectivity index (χ0n) is 13.2. The normalized spacial score (nSPS) is 11.3. The number of sulfonamides is 1. The van der Waals surface area contributed by atoms with Gasteiger partial charge in [-0.1, -0.05) is 24.3 Å². The molecule has 10 heteroatoms. The highest BCUT2D eigenvalue weighted by atomic mass is 32.2. The van der Waals surface area contributed by atoms with Gasteiger partial charge in [-0.2, -0.15) is 5.10 Å². The molecule has 3 rings (SSSR count). The first kappa shape index (κ1) is 17.5. The zero-order chi connectivity index (χ0) is 18.7. The summed E-state index contributed by atoms with van der Waals surface area (Å²) < 4.78 is 41.5. The van der Waals surface area contributed by atoms with E-state index < -0.39 is 25.5 Å². The molecule has 0 bridgehead atoms. The van der Waals surface area contributed by atoms with E-state index in [0.717, 1.165) is 17.7 Å². The van der Waals surface area contributed by atoms with Gasteiger partial charge in [0.2, 0.25) is 0 Å². The summed E-state index contributed by atoms with van der Waals surface area (Å²) in [4.78, 5) is 9.83. The molecule has 0 radical (unpaired) electrons. The molecular formula is C16H13FN4O4S. The van der Waals surface area contributed by atoms with Crippen molar-refractivity contribution in [3.8, 4) is 0 Å². The van der Waals surface area contributed by atoms with Crippen LogP contribution >= 0.6 is 0 Å². The van der Waals surface area contributed by atoms with E-state index >= 15 is 0 Å². The molecule has 0 atom stereocenters. The van der Waals surface area contributed by atoms with E-state index in [-0.39, 0.29) is 11.5 Å². The summed E-state index contributed by atoms with van der Waals surface area (Å²) in [5.41, 5.74) is 0.423. The molecule has 0 saturated heterocycles. The summed E-state index contributed by atoms with van der Waals surface area (Å²) in [6, 6.07) is 10.9. The number of nitro benzene ring substituents is 1. The first-order valence-electron chi connectivity index (χ1n) is 7.38. The molecule has 0 saturated carbocycles. The molecule has 0 amide bonds. The Bertz CT molecular complexity index is 1050. The number of benzene rings is 2. The van der Waals surface area contributed by atoms with E-state index in [1.807, 2.05) is 0 Å².